The highest BCUT2D eigenvalue weighted by molar-refractivity contribution is 7.16. The Kier molecular flexibility index (Phi) is 8.90. The van der Waals surface area contributed by atoms with Crippen LogP contribution in [0.3, 0.4) is 0 Å². The van der Waals surface area contributed by atoms with Crippen LogP contribution in [-0.2, 0) is 0 Å². The Morgan fingerprint density at radius 2 is 1.69 bits per heavy atom. The molecule has 0 atom stereocenters. The number of hydrogen-bond donors (Lipinski definition) is 1. The third-order valence-electron chi connectivity index (χ3n) is 8.11. The number of thiazole rings is 1. The van der Waals surface area contributed by atoms with E-state index >= 15 is 0 Å². The first kappa shape index (κ1) is 25.6. The topological polar surface area (TPSA) is 55.0 Å². The summed E-state index contributed by atoms with van der Waals surface area (Å²) in [7, 11) is 2.18. The van der Waals surface area contributed by atoms with Crippen molar-refractivity contribution < 1.29 is 4.79 Å². The number of likely N-dealkylation sites (tertiary alicyclic amines) is 2. The highest BCUT2D eigenvalue weighted by Gasteiger charge is 2.25. The van der Waals surface area contributed by atoms with Crippen molar-refractivity contribution in [2.24, 2.45) is 0 Å². The smallest absolute Gasteiger partial charge is 0.263 e. The van der Waals surface area contributed by atoms with Gasteiger partial charge in [0, 0.05) is 50.0 Å². The lowest BCUT2D eigenvalue weighted by molar-refractivity contribution is 0.0904. The molecular weight excluding hydrogens is 468 g/mol. The molecule has 8 heteroatoms. The van der Waals surface area contributed by atoms with Gasteiger partial charge in [-0.1, -0.05) is 6.42 Å². The van der Waals surface area contributed by atoms with Gasteiger partial charge in [-0.15, -0.1) is 11.3 Å². The summed E-state index contributed by atoms with van der Waals surface area (Å²) in [6.45, 7) is 11.1. The number of likely N-dealkylation sites (N-methyl/N-ethyl adjacent to an activating group) is 1. The molecule has 1 aromatic heterocycles. The SMILES string of the molecule is CN1CCN(c2ccc(-c3ncc(C(=O)NCCCN4CCC(N5CCCCC5)CC4)s3)cc2)CC1. The number of aromatic nitrogens is 1. The van der Waals surface area contributed by atoms with Crippen molar-refractivity contribution in [3.8, 4) is 10.6 Å². The van der Waals surface area contributed by atoms with Crippen LogP contribution in [0.4, 0.5) is 5.69 Å². The minimum absolute atomic E-state index is 0.00314. The van der Waals surface area contributed by atoms with Gasteiger partial charge in [-0.25, -0.2) is 4.98 Å². The predicted molar refractivity (Wildman–Crippen MR) is 149 cm³/mol. The molecule has 196 valence electrons. The molecule has 1 aromatic carbocycles. The van der Waals surface area contributed by atoms with Crippen LogP contribution in [0.1, 0.15) is 48.2 Å². The minimum Gasteiger partial charge on any atom is -0.369 e. The average molecular weight is 511 g/mol. The van der Waals surface area contributed by atoms with Gasteiger partial charge in [0.15, 0.2) is 0 Å². The highest BCUT2D eigenvalue weighted by atomic mass is 32.1. The zero-order valence-electron chi connectivity index (χ0n) is 21.8. The number of benzene rings is 1. The highest BCUT2D eigenvalue weighted by Crippen LogP contribution is 2.28. The molecule has 3 fully saturated rings. The van der Waals surface area contributed by atoms with Gasteiger partial charge in [-0.05, 0) is 96.1 Å². The van der Waals surface area contributed by atoms with E-state index in [1.54, 1.807) is 6.20 Å². The predicted octanol–water partition coefficient (Wildman–Crippen LogP) is 3.63. The van der Waals surface area contributed by atoms with E-state index in [1.165, 1.54) is 75.3 Å². The zero-order valence-corrected chi connectivity index (χ0v) is 22.6. The van der Waals surface area contributed by atoms with E-state index in [0.717, 1.165) is 62.3 Å². The molecule has 0 unspecified atom stereocenters. The summed E-state index contributed by atoms with van der Waals surface area (Å²) in [5.74, 6) is -0.00314. The van der Waals surface area contributed by atoms with Gasteiger partial charge in [0.1, 0.15) is 9.88 Å². The molecule has 0 saturated carbocycles. The van der Waals surface area contributed by atoms with E-state index in [-0.39, 0.29) is 5.91 Å². The van der Waals surface area contributed by atoms with Crippen molar-refractivity contribution in [3.63, 3.8) is 0 Å². The van der Waals surface area contributed by atoms with Crippen LogP contribution < -0.4 is 10.2 Å². The van der Waals surface area contributed by atoms with Gasteiger partial charge >= 0.3 is 0 Å². The number of amides is 1. The van der Waals surface area contributed by atoms with Gasteiger partial charge in [0.2, 0.25) is 0 Å². The molecule has 0 spiro atoms. The van der Waals surface area contributed by atoms with Crippen molar-refractivity contribution in [1.29, 1.82) is 0 Å². The van der Waals surface area contributed by atoms with Gasteiger partial charge in [0.05, 0.1) is 6.20 Å². The summed E-state index contributed by atoms with van der Waals surface area (Å²) in [6, 6.07) is 9.41. The van der Waals surface area contributed by atoms with E-state index < -0.39 is 0 Å². The molecule has 3 aliphatic rings. The van der Waals surface area contributed by atoms with Gasteiger partial charge < -0.3 is 24.9 Å². The molecule has 3 aliphatic heterocycles. The Hall–Kier alpha value is -2.00. The number of rotatable bonds is 8. The first-order valence-corrected chi connectivity index (χ1v) is 14.7. The summed E-state index contributed by atoms with van der Waals surface area (Å²) < 4.78 is 0. The summed E-state index contributed by atoms with van der Waals surface area (Å²) in [5.41, 5.74) is 2.34. The molecule has 2 aromatic rings. The summed E-state index contributed by atoms with van der Waals surface area (Å²) in [4.78, 5) is 28.0. The number of carbonyl (C=O) groups excluding carboxylic acids is 1. The molecule has 0 radical (unpaired) electrons. The Bertz CT molecular complexity index is 957. The maximum Gasteiger partial charge on any atom is 0.263 e. The number of nitrogens with one attached hydrogen (secondary N) is 1. The second kappa shape index (κ2) is 12.5. The number of piperazine rings is 1. The number of piperidine rings is 2. The van der Waals surface area contributed by atoms with Crippen LogP contribution in [0.25, 0.3) is 10.6 Å². The van der Waals surface area contributed by atoms with Crippen molar-refractivity contribution in [1.82, 2.24) is 25.0 Å². The maximum absolute atomic E-state index is 12.7. The monoisotopic (exact) mass is 510 g/mol. The number of nitrogens with zero attached hydrogens (tertiary/aromatic N) is 5. The zero-order chi connectivity index (χ0) is 24.7. The average Bonchev–Trinajstić information content (AvgIpc) is 3.43. The largest absolute Gasteiger partial charge is 0.369 e. The number of carbonyl (C=O) groups is 1. The van der Waals surface area contributed by atoms with Crippen LogP contribution in [0, 0.1) is 0 Å². The summed E-state index contributed by atoms with van der Waals surface area (Å²) in [5, 5.41) is 4.01. The third kappa shape index (κ3) is 6.65. The van der Waals surface area contributed by atoms with Crippen LogP contribution in [-0.4, -0.2) is 104 Å². The summed E-state index contributed by atoms with van der Waals surface area (Å²) >= 11 is 1.48. The van der Waals surface area contributed by atoms with E-state index in [4.69, 9.17) is 0 Å². The van der Waals surface area contributed by atoms with Crippen LogP contribution in [0.15, 0.2) is 30.5 Å². The van der Waals surface area contributed by atoms with Gasteiger partial charge in [0.25, 0.3) is 5.91 Å². The van der Waals surface area contributed by atoms with Crippen LogP contribution in [0.5, 0.6) is 0 Å². The molecular formula is C28H42N6OS. The lowest BCUT2D eigenvalue weighted by Crippen LogP contribution is -2.47. The van der Waals surface area contributed by atoms with Crippen molar-refractivity contribution in [2.75, 3.05) is 77.4 Å². The van der Waals surface area contributed by atoms with Crippen molar-refractivity contribution in [2.45, 2.75) is 44.6 Å². The lowest BCUT2D eigenvalue weighted by atomic mass is 10.00. The normalized spacial score (nSPS) is 21.1. The molecule has 1 N–H and O–H groups in total. The molecule has 0 bridgehead atoms. The molecule has 0 aliphatic carbocycles. The quantitative estimate of drug-likeness (QED) is 0.548. The summed E-state index contributed by atoms with van der Waals surface area (Å²) in [6.07, 6.45) is 9.48. The van der Waals surface area contributed by atoms with E-state index in [2.05, 4.69) is 61.2 Å². The lowest BCUT2D eigenvalue weighted by Gasteiger charge is -2.40. The van der Waals surface area contributed by atoms with Crippen molar-refractivity contribution >= 4 is 22.9 Å². The first-order valence-electron chi connectivity index (χ1n) is 13.9. The van der Waals surface area contributed by atoms with E-state index in [0.29, 0.717) is 4.88 Å². The standard InChI is InChI=1S/C28H42N6OS/c1-31-18-20-34(21-19-31)24-8-6-23(7-9-24)28-30-22-26(36-28)27(35)29-12-5-13-32-16-10-25(11-17-32)33-14-3-2-4-15-33/h6-9,22,25H,2-5,10-21H2,1H3,(H,29,35). The Morgan fingerprint density at radius 1 is 0.972 bits per heavy atom. The molecule has 4 heterocycles. The molecule has 3 saturated heterocycles. The third-order valence-corrected chi connectivity index (χ3v) is 9.16. The molecule has 36 heavy (non-hydrogen) atoms. The minimum atomic E-state index is -0.00314. The Balaban J connectivity index is 1.02. The number of hydrogen-bond acceptors (Lipinski definition) is 7. The van der Waals surface area contributed by atoms with E-state index in [9.17, 15) is 4.79 Å². The fraction of sp³-hybridized carbons (Fsp3) is 0.643. The maximum atomic E-state index is 12.7. The fourth-order valence-corrected chi connectivity index (χ4v) is 6.61. The van der Waals surface area contributed by atoms with Gasteiger partial charge in [-0.2, -0.15) is 0 Å². The molecule has 1 amide bonds. The molecule has 5 rings (SSSR count). The van der Waals surface area contributed by atoms with Crippen LogP contribution in [0.2, 0.25) is 0 Å². The van der Waals surface area contributed by atoms with E-state index in [1.807, 2.05) is 0 Å². The Morgan fingerprint density at radius 3 is 2.42 bits per heavy atom. The molecule has 7 nitrogen and oxygen atoms in total. The second-order valence-corrected chi connectivity index (χ2v) is 11.7. The second-order valence-electron chi connectivity index (χ2n) is 10.6. The first-order chi connectivity index (χ1) is 17.7. The Labute approximate surface area is 220 Å². The number of anilines is 1. The fourth-order valence-electron chi connectivity index (χ4n) is 5.78. The van der Waals surface area contributed by atoms with Crippen LogP contribution >= 0.6 is 11.3 Å². The van der Waals surface area contributed by atoms with Crippen molar-refractivity contribution in [3.05, 3.63) is 35.3 Å². The van der Waals surface area contributed by atoms with Gasteiger partial charge in [-0.3, -0.25) is 4.79 Å².